The third kappa shape index (κ3) is 4.97. The van der Waals surface area contributed by atoms with E-state index in [2.05, 4.69) is 50.5 Å². The number of unbranched alkanes of at least 4 members (excludes halogenated alkanes) is 1. The summed E-state index contributed by atoms with van der Waals surface area (Å²) in [6.07, 6.45) is 2.52. The summed E-state index contributed by atoms with van der Waals surface area (Å²) in [5.41, 5.74) is 0. The Morgan fingerprint density at radius 3 is 2.43 bits per heavy atom. The highest BCUT2D eigenvalue weighted by Gasteiger charge is 2.29. The lowest BCUT2D eigenvalue weighted by Crippen LogP contribution is -2.26. The summed E-state index contributed by atoms with van der Waals surface area (Å²) >= 11 is 5.01. The molecule has 1 aromatic rings. The van der Waals surface area contributed by atoms with Crippen LogP contribution in [0.15, 0.2) is 30.3 Å². The van der Waals surface area contributed by atoms with Crippen LogP contribution in [0.2, 0.25) is 6.04 Å². The van der Waals surface area contributed by atoms with Crippen molar-refractivity contribution in [2.45, 2.75) is 25.8 Å². The van der Waals surface area contributed by atoms with Gasteiger partial charge in [0.2, 0.25) is 0 Å². The largest absolute Gasteiger partial charge is 0.525 e. The molecule has 1 aromatic carbocycles. The minimum atomic E-state index is -1.53. The summed E-state index contributed by atoms with van der Waals surface area (Å²) in [5.74, 6) is 1.01. The molecule has 0 bridgehead atoms. The summed E-state index contributed by atoms with van der Waals surface area (Å²) in [6.45, 7) is 2.22. The summed E-state index contributed by atoms with van der Waals surface area (Å²) < 4.78 is 4.49. The average Bonchev–Trinajstić information content (AvgIpc) is 2.16. The Balaban J connectivity index is 2.50. The van der Waals surface area contributed by atoms with E-state index >= 15 is 0 Å². The lowest BCUT2D eigenvalue weighted by Gasteiger charge is -2.19. The SMILES string of the molecule is CCCC[Si](I)(I)Oc1ccccc1. The van der Waals surface area contributed by atoms with Gasteiger partial charge in [-0.25, -0.2) is 0 Å². The van der Waals surface area contributed by atoms with Gasteiger partial charge in [0, 0.05) is 0 Å². The molecule has 0 aromatic heterocycles. The number of para-hydroxylation sites is 1. The van der Waals surface area contributed by atoms with E-state index in [-0.39, 0.29) is 0 Å². The van der Waals surface area contributed by atoms with Gasteiger partial charge in [0.15, 0.2) is 0 Å². The van der Waals surface area contributed by atoms with Crippen LogP contribution in [0.1, 0.15) is 19.8 Å². The minimum Gasteiger partial charge on any atom is -0.525 e. The van der Waals surface area contributed by atoms with Crippen molar-refractivity contribution in [3.05, 3.63) is 30.3 Å². The molecule has 0 spiro atoms. The van der Waals surface area contributed by atoms with Gasteiger partial charge in [0.1, 0.15) is 5.75 Å². The van der Waals surface area contributed by atoms with E-state index in [0.29, 0.717) is 0 Å². The Morgan fingerprint density at radius 1 is 1.21 bits per heavy atom. The quantitative estimate of drug-likeness (QED) is 0.373. The topological polar surface area (TPSA) is 9.23 Å². The average molecular weight is 432 g/mol. The van der Waals surface area contributed by atoms with Crippen LogP contribution in [-0.4, -0.2) is 3.31 Å². The van der Waals surface area contributed by atoms with Crippen LogP contribution in [-0.2, 0) is 0 Å². The molecule has 0 amide bonds. The second kappa shape index (κ2) is 6.32. The Hall–Kier alpha value is 0.697. The van der Waals surface area contributed by atoms with E-state index in [0.717, 1.165) is 5.75 Å². The fraction of sp³-hybridized carbons (Fsp3) is 0.400. The predicted octanol–water partition coefficient (Wildman–Crippen LogP) is 4.67. The summed E-state index contributed by atoms with van der Waals surface area (Å²) in [5, 5.41) is 0. The third-order valence-electron chi connectivity index (χ3n) is 1.83. The van der Waals surface area contributed by atoms with Gasteiger partial charge >= 0.3 is 3.31 Å². The molecule has 1 nitrogen and oxygen atoms in total. The van der Waals surface area contributed by atoms with Crippen LogP contribution in [0.4, 0.5) is 0 Å². The number of benzene rings is 1. The maximum Gasteiger partial charge on any atom is 0.382 e. The Morgan fingerprint density at radius 2 is 1.86 bits per heavy atom. The van der Waals surface area contributed by atoms with Gasteiger partial charge in [-0.2, -0.15) is 0 Å². The summed E-state index contributed by atoms with van der Waals surface area (Å²) in [7, 11) is 0. The molecular formula is C10H14I2OSi. The van der Waals surface area contributed by atoms with Crippen molar-refractivity contribution in [1.29, 1.82) is 0 Å². The monoisotopic (exact) mass is 432 g/mol. The smallest absolute Gasteiger partial charge is 0.382 e. The lowest BCUT2D eigenvalue weighted by atomic mass is 10.3. The molecule has 0 fully saturated rings. The van der Waals surface area contributed by atoms with Gasteiger partial charge in [0.25, 0.3) is 0 Å². The summed E-state index contributed by atoms with van der Waals surface area (Å²) in [6, 6.07) is 11.3. The minimum absolute atomic E-state index is 1.01. The number of hydrogen-bond donors (Lipinski definition) is 0. The standard InChI is InChI=1S/C10H14I2OSi/c1-2-3-9-14(11,12)13-10-7-5-4-6-8-10/h4-8H,2-3,9H2,1H3. The Labute approximate surface area is 112 Å². The van der Waals surface area contributed by atoms with E-state index in [1.807, 2.05) is 30.3 Å². The Kier molecular flexibility index (Phi) is 5.76. The van der Waals surface area contributed by atoms with Crippen LogP contribution in [0.25, 0.3) is 0 Å². The van der Waals surface area contributed by atoms with E-state index < -0.39 is 3.31 Å². The Bertz CT molecular complexity index is 264. The van der Waals surface area contributed by atoms with E-state index in [1.165, 1.54) is 18.9 Å². The van der Waals surface area contributed by atoms with Crippen molar-refractivity contribution >= 4 is 46.9 Å². The van der Waals surface area contributed by atoms with Crippen LogP contribution in [0.5, 0.6) is 5.75 Å². The number of halogens is 2. The zero-order valence-corrected chi connectivity index (χ0v) is 13.5. The molecule has 0 unspecified atom stereocenters. The maximum absolute atomic E-state index is 6.02. The molecule has 1 rings (SSSR count). The molecule has 0 aliphatic heterocycles. The van der Waals surface area contributed by atoms with Crippen molar-refractivity contribution in [3.63, 3.8) is 0 Å². The highest BCUT2D eigenvalue weighted by atomic mass is 127. The molecule has 0 saturated carbocycles. The van der Waals surface area contributed by atoms with Gasteiger partial charge in [-0.15, -0.1) is 0 Å². The first-order chi connectivity index (χ1) is 6.64. The molecule has 14 heavy (non-hydrogen) atoms. The molecule has 0 radical (unpaired) electrons. The molecule has 0 N–H and O–H groups in total. The maximum atomic E-state index is 6.02. The fourth-order valence-corrected chi connectivity index (χ4v) is 6.26. The van der Waals surface area contributed by atoms with Gasteiger partial charge in [-0.3, -0.25) is 0 Å². The van der Waals surface area contributed by atoms with E-state index in [1.54, 1.807) is 0 Å². The van der Waals surface area contributed by atoms with Crippen molar-refractivity contribution < 1.29 is 4.43 Å². The molecule has 0 saturated heterocycles. The van der Waals surface area contributed by atoms with Crippen molar-refractivity contribution in [2.24, 2.45) is 0 Å². The fourth-order valence-electron chi connectivity index (χ4n) is 1.09. The first-order valence-electron chi connectivity index (χ1n) is 4.76. The van der Waals surface area contributed by atoms with Crippen molar-refractivity contribution in [1.82, 2.24) is 0 Å². The number of hydrogen-bond acceptors (Lipinski definition) is 1. The van der Waals surface area contributed by atoms with Crippen LogP contribution < -0.4 is 4.43 Å². The molecule has 78 valence electrons. The normalized spacial score (nSPS) is 11.4. The zero-order chi connectivity index (χ0) is 10.4. The highest BCUT2D eigenvalue weighted by Crippen LogP contribution is 2.31. The predicted molar refractivity (Wildman–Crippen MR) is 80.6 cm³/mol. The van der Waals surface area contributed by atoms with Crippen LogP contribution >= 0.6 is 43.6 Å². The third-order valence-corrected chi connectivity index (χ3v) is 7.86. The van der Waals surface area contributed by atoms with Gasteiger partial charge in [-0.05, 0) is 18.2 Å². The van der Waals surface area contributed by atoms with Crippen molar-refractivity contribution in [2.75, 3.05) is 0 Å². The molecular weight excluding hydrogens is 418 g/mol. The summed E-state index contributed by atoms with van der Waals surface area (Å²) in [4.78, 5) is 0. The second-order valence-electron chi connectivity index (χ2n) is 3.16. The first-order valence-corrected chi connectivity index (χ1v) is 13.1. The van der Waals surface area contributed by atoms with E-state index in [4.69, 9.17) is 4.43 Å². The lowest BCUT2D eigenvalue weighted by molar-refractivity contribution is 0.581. The molecule has 0 aliphatic carbocycles. The molecule has 4 heteroatoms. The van der Waals surface area contributed by atoms with Gasteiger partial charge < -0.3 is 4.43 Å². The number of rotatable bonds is 5. The van der Waals surface area contributed by atoms with Crippen LogP contribution in [0.3, 0.4) is 0 Å². The second-order valence-corrected chi connectivity index (χ2v) is 21.8. The van der Waals surface area contributed by atoms with Crippen molar-refractivity contribution in [3.8, 4) is 5.75 Å². The molecule has 0 atom stereocenters. The molecule has 0 heterocycles. The van der Waals surface area contributed by atoms with E-state index in [9.17, 15) is 0 Å². The first kappa shape index (κ1) is 12.8. The van der Waals surface area contributed by atoms with Gasteiger partial charge in [-0.1, -0.05) is 81.6 Å². The van der Waals surface area contributed by atoms with Gasteiger partial charge in [0.05, 0.1) is 0 Å². The highest BCUT2D eigenvalue weighted by molar-refractivity contribution is 14.3. The molecule has 0 aliphatic rings. The zero-order valence-electron chi connectivity index (χ0n) is 8.17. The van der Waals surface area contributed by atoms with Crippen LogP contribution in [0, 0.1) is 0 Å².